The molecule has 0 fully saturated rings. The third-order valence-electron chi connectivity index (χ3n) is 3.95. The summed E-state index contributed by atoms with van der Waals surface area (Å²) < 4.78 is 52.8. The number of sulfonamides is 1. The predicted molar refractivity (Wildman–Crippen MR) is 102 cm³/mol. The molecule has 0 bridgehead atoms. The number of rotatable bonds is 6. The Labute approximate surface area is 157 Å². The van der Waals surface area contributed by atoms with Crippen LogP contribution in [0.3, 0.4) is 0 Å². The molecular formula is C18H22F2N4O2S. The Morgan fingerprint density at radius 1 is 1.19 bits per heavy atom. The third-order valence-corrected chi connectivity index (χ3v) is 6.00. The van der Waals surface area contributed by atoms with Gasteiger partial charge < -0.3 is 11.1 Å². The van der Waals surface area contributed by atoms with Crippen molar-refractivity contribution in [1.82, 2.24) is 4.31 Å². The first-order valence-corrected chi connectivity index (χ1v) is 9.64. The maximum Gasteiger partial charge on any atom is 0.243 e. The minimum absolute atomic E-state index is 0.0873. The Balaban J connectivity index is 2.08. The zero-order valence-electron chi connectivity index (χ0n) is 15.3. The summed E-state index contributed by atoms with van der Waals surface area (Å²) in [6.07, 6.45) is 0. The molecule has 0 unspecified atom stereocenters. The van der Waals surface area contributed by atoms with Crippen molar-refractivity contribution in [1.29, 1.82) is 0 Å². The number of halogens is 2. The Hall–Kier alpha value is -2.52. The van der Waals surface area contributed by atoms with Gasteiger partial charge in [-0.3, -0.25) is 0 Å². The van der Waals surface area contributed by atoms with Crippen LogP contribution in [0.15, 0.2) is 52.4 Å². The van der Waals surface area contributed by atoms with Gasteiger partial charge in [-0.1, -0.05) is 12.1 Å². The number of nitrogens with two attached hydrogens (primary N) is 1. The number of hydrogen-bond donors (Lipinski definition) is 2. The standard InChI is InChI=1S/C18H22F2N4O2S/c1-12(2)24(3)27(25,26)15-7-4-13(5-8-15)11-22-18(21)23-17-10-14(19)6-9-16(17)20/h4-10,12H,11H2,1-3H3,(H3,21,22,23). The molecule has 0 spiro atoms. The second-order valence-electron chi connectivity index (χ2n) is 6.21. The average molecular weight is 396 g/mol. The largest absolute Gasteiger partial charge is 0.370 e. The number of aliphatic imine (C=N–C) groups is 1. The topological polar surface area (TPSA) is 87.8 Å². The van der Waals surface area contributed by atoms with Gasteiger partial charge in [0.1, 0.15) is 11.6 Å². The van der Waals surface area contributed by atoms with Crippen molar-refractivity contribution in [2.75, 3.05) is 12.4 Å². The molecule has 0 aliphatic rings. The van der Waals surface area contributed by atoms with Crippen LogP contribution >= 0.6 is 0 Å². The lowest BCUT2D eigenvalue weighted by atomic mass is 10.2. The van der Waals surface area contributed by atoms with E-state index in [1.54, 1.807) is 26.0 Å². The van der Waals surface area contributed by atoms with E-state index < -0.39 is 21.7 Å². The van der Waals surface area contributed by atoms with Crippen LogP contribution in [-0.2, 0) is 16.6 Å². The molecule has 0 radical (unpaired) electrons. The number of nitrogens with zero attached hydrogens (tertiary/aromatic N) is 2. The highest BCUT2D eigenvalue weighted by Crippen LogP contribution is 2.18. The number of anilines is 1. The van der Waals surface area contributed by atoms with Gasteiger partial charge in [-0.15, -0.1) is 0 Å². The molecule has 0 amide bonds. The van der Waals surface area contributed by atoms with Crippen molar-refractivity contribution in [3.63, 3.8) is 0 Å². The van der Waals surface area contributed by atoms with E-state index in [4.69, 9.17) is 5.73 Å². The molecule has 146 valence electrons. The number of guanidine groups is 1. The van der Waals surface area contributed by atoms with Crippen molar-refractivity contribution >= 4 is 21.7 Å². The molecule has 0 aliphatic heterocycles. The fraction of sp³-hybridized carbons (Fsp3) is 0.278. The zero-order valence-corrected chi connectivity index (χ0v) is 16.1. The third kappa shape index (κ3) is 5.24. The van der Waals surface area contributed by atoms with Gasteiger partial charge in [0, 0.05) is 19.2 Å². The van der Waals surface area contributed by atoms with Crippen LogP contribution in [0.25, 0.3) is 0 Å². The highest BCUT2D eigenvalue weighted by molar-refractivity contribution is 7.89. The van der Waals surface area contributed by atoms with Gasteiger partial charge in [0.15, 0.2) is 5.96 Å². The first kappa shape index (κ1) is 20.8. The molecule has 2 aromatic rings. The lowest BCUT2D eigenvalue weighted by Gasteiger charge is -2.21. The lowest BCUT2D eigenvalue weighted by molar-refractivity contribution is 0.410. The van der Waals surface area contributed by atoms with Gasteiger partial charge in [-0.2, -0.15) is 4.31 Å². The molecule has 6 nitrogen and oxygen atoms in total. The average Bonchev–Trinajstić information content (AvgIpc) is 2.62. The maximum absolute atomic E-state index is 13.6. The molecule has 9 heteroatoms. The van der Waals surface area contributed by atoms with Crippen LogP contribution in [0.5, 0.6) is 0 Å². The first-order valence-electron chi connectivity index (χ1n) is 8.20. The van der Waals surface area contributed by atoms with Gasteiger partial charge in [0.2, 0.25) is 10.0 Å². The highest BCUT2D eigenvalue weighted by Gasteiger charge is 2.22. The van der Waals surface area contributed by atoms with Crippen molar-refractivity contribution in [3.8, 4) is 0 Å². The predicted octanol–water partition coefficient (Wildman–Crippen LogP) is 2.92. The van der Waals surface area contributed by atoms with Crippen LogP contribution in [0.1, 0.15) is 19.4 Å². The van der Waals surface area contributed by atoms with Crippen LogP contribution < -0.4 is 11.1 Å². The monoisotopic (exact) mass is 396 g/mol. The molecule has 0 aliphatic carbocycles. The fourth-order valence-corrected chi connectivity index (χ4v) is 3.53. The van der Waals surface area contributed by atoms with Gasteiger partial charge in [0.05, 0.1) is 17.1 Å². The quantitative estimate of drug-likeness (QED) is 0.581. The van der Waals surface area contributed by atoms with Gasteiger partial charge in [-0.25, -0.2) is 22.2 Å². The van der Waals surface area contributed by atoms with Crippen molar-refractivity contribution < 1.29 is 17.2 Å². The van der Waals surface area contributed by atoms with Gasteiger partial charge in [-0.05, 0) is 43.7 Å². The van der Waals surface area contributed by atoms with Crippen molar-refractivity contribution in [2.45, 2.75) is 31.3 Å². The molecule has 0 atom stereocenters. The SMILES string of the molecule is CC(C)N(C)S(=O)(=O)c1ccc(CN=C(N)Nc2cc(F)ccc2F)cc1. The summed E-state index contributed by atoms with van der Waals surface area (Å²) in [7, 11) is -2.03. The van der Waals surface area contributed by atoms with Gasteiger partial charge in [0.25, 0.3) is 0 Å². The van der Waals surface area contributed by atoms with Crippen LogP contribution in [0, 0.1) is 11.6 Å². The molecule has 0 heterocycles. The molecule has 2 rings (SSSR count). The van der Waals surface area contributed by atoms with E-state index in [2.05, 4.69) is 10.3 Å². The lowest BCUT2D eigenvalue weighted by Crippen LogP contribution is -2.33. The maximum atomic E-state index is 13.6. The summed E-state index contributed by atoms with van der Waals surface area (Å²) in [5.74, 6) is -1.34. The van der Waals surface area contributed by atoms with E-state index >= 15 is 0 Å². The molecule has 3 N–H and O–H groups in total. The molecule has 0 aromatic heterocycles. The molecule has 0 saturated heterocycles. The summed E-state index contributed by atoms with van der Waals surface area (Å²) in [4.78, 5) is 4.23. The van der Waals surface area contributed by atoms with E-state index in [9.17, 15) is 17.2 Å². The van der Waals surface area contributed by atoms with Gasteiger partial charge >= 0.3 is 0 Å². The summed E-state index contributed by atoms with van der Waals surface area (Å²) in [5, 5.41) is 2.49. The summed E-state index contributed by atoms with van der Waals surface area (Å²) >= 11 is 0. The van der Waals surface area contributed by atoms with Crippen molar-refractivity contribution in [3.05, 3.63) is 59.7 Å². The molecular weight excluding hydrogens is 374 g/mol. The normalized spacial score (nSPS) is 12.6. The molecule has 27 heavy (non-hydrogen) atoms. The number of nitrogens with one attached hydrogen (secondary N) is 1. The second kappa shape index (κ2) is 8.45. The number of benzene rings is 2. The minimum Gasteiger partial charge on any atom is -0.370 e. The Morgan fingerprint density at radius 3 is 2.41 bits per heavy atom. The fourth-order valence-electron chi connectivity index (χ4n) is 2.16. The smallest absolute Gasteiger partial charge is 0.243 e. The van der Waals surface area contributed by atoms with E-state index in [0.717, 1.165) is 18.2 Å². The van der Waals surface area contributed by atoms with Crippen molar-refractivity contribution in [2.24, 2.45) is 10.7 Å². The Kier molecular flexibility index (Phi) is 6.50. The highest BCUT2D eigenvalue weighted by atomic mass is 32.2. The Bertz CT molecular complexity index is 929. The summed E-state index contributed by atoms with van der Waals surface area (Å²) in [6, 6.07) is 9.04. The van der Waals surface area contributed by atoms with Crippen LogP contribution in [0.2, 0.25) is 0 Å². The Morgan fingerprint density at radius 2 is 1.81 bits per heavy atom. The molecule has 2 aromatic carbocycles. The second-order valence-corrected chi connectivity index (χ2v) is 8.21. The molecule has 0 saturated carbocycles. The van der Waals surface area contributed by atoms with E-state index in [1.807, 2.05) is 0 Å². The van der Waals surface area contributed by atoms with Crippen LogP contribution in [0.4, 0.5) is 14.5 Å². The van der Waals surface area contributed by atoms with E-state index in [1.165, 1.54) is 23.5 Å². The van der Waals surface area contributed by atoms with E-state index in [0.29, 0.717) is 5.56 Å². The first-order chi connectivity index (χ1) is 12.6. The van der Waals surface area contributed by atoms with Crippen LogP contribution in [-0.4, -0.2) is 31.8 Å². The summed E-state index contributed by atoms with van der Waals surface area (Å²) in [5.41, 5.74) is 6.29. The minimum atomic E-state index is -3.55. The number of hydrogen-bond acceptors (Lipinski definition) is 3. The zero-order chi connectivity index (χ0) is 20.2. The summed E-state index contributed by atoms with van der Waals surface area (Å²) in [6.45, 7) is 3.73. The van der Waals surface area contributed by atoms with E-state index in [-0.39, 0.29) is 29.1 Å².